The topological polar surface area (TPSA) is 86.4 Å². The molecule has 2 aliphatic rings. The predicted molar refractivity (Wildman–Crippen MR) is 143 cm³/mol. The maximum absolute atomic E-state index is 11.9. The van der Waals surface area contributed by atoms with E-state index in [0.717, 1.165) is 44.3 Å². The zero-order chi connectivity index (χ0) is 25.5. The summed E-state index contributed by atoms with van der Waals surface area (Å²) >= 11 is 1.50. The summed E-state index contributed by atoms with van der Waals surface area (Å²) in [5.74, 6) is 1.90. The fraction of sp³-hybridized carbons (Fsp3) is 0.179. The van der Waals surface area contributed by atoms with Crippen LogP contribution in [0.1, 0.15) is 23.6 Å². The molecule has 0 atom stereocenters. The zero-order valence-corrected chi connectivity index (χ0v) is 21.4. The second-order valence-corrected chi connectivity index (χ2v) is 9.75. The van der Waals surface area contributed by atoms with Crippen molar-refractivity contribution >= 4 is 34.3 Å². The number of carbonyl (C=O) groups excluding carboxylic acids is 1. The number of anilines is 1. The van der Waals surface area contributed by atoms with Crippen LogP contribution in [0.15, 0.2) is 70.1 Å². The van der Waals surface area contributed by atoms with Crippen LogP contribution in [0.2, 0.25) is 0 Å². The van der Waals surface area contributed by atoms with Gasteiger partial charge in [-0.1, -0.05) is 17.7 Å². The fourth-order valence-electron chi connectivity index (χ4n) is 4.28. The number of benzene rings is 3. The predicted octanol–water partition coefficient (Wildman–Crippen LogP) is 5.40. The van der Waals surface area contributed by atoms with E-state index < -0.39 is 0 Å². The van der Waals surface area contributed by atoms with Gasteiger partial charge in [-0.15, -0.1) is 11.3 Å². The third kappa shape index (κ3) is 4.49. The molecule has 0 saturated carbocycles. The summed E-state index contributed by atoms with van der Waals surface area (Å²) in [6, 6.07) is 17.7. The minimum absolute atomic E-state index is 0.0166. The number of amides is 1. The first-order valence-electron chi connectivity index (χ1n) is 11.8. The van der Waals surface area contributed by atoms with Crippen LogP contribution in [0.5, 0.6) is 17.2 Å². The van der Waals surface area contributed by atoms with Crippen LogP contribution in [-0.4, -0.2) is 29.7 Å². The standard InChI is InChI=1S/C28H24N4O4S/c1-16-4-7-21(17(2)10-16)30-28-32(31-18(3)19-5-9-25-26(12-19)36-15-35-25)23(14-37-28)20-6-8-24-22(11-20)29-27(33)13-34-24/h4-12,14H,13,15H2,1-3H3,(H,29,33). The summed E-state index contributed by atoms with van der Waals surface area (Å²) in [5.41, 5.74) is 7.22. The number of aryl methyl sites for hydroxylation is 2. The Morgan fingerprint density at radius 1 is 0.973 bits per heavy atom. The van der Waals surface area contributed by atoms with Crippen molar-refractivity contribution in [1.29, 1.82) is 0 Å². The smallest absolute Gasteiger partial charge is 0.262 e. The van der Waals surface area contributed by atoms with Gasteiger partial charge in [-0.25, -0.2) is 9.67 Å². The van der Waals surface area contributed by atoms with Crippen molar-refractivity contribution in [3.63, 3.8) is 0 Å². The Bertz CT molecular complexity index is 1650. The Kier molecular flexibility index (Phi) is 5.77. The van der Waals surface area contributed by atoms with Gasteiger partial charge in [0, 0.05) is 16.5 Å². The third-order valence-electron chi connectivity index (χ3n) is 6.20. The molecule has 0 radical (unpaired) electrons. The van der Waals surface area contributed by atoms with Crippen molar-refractivity contribution < 1.29 is 19.0 Å². The number of rotatable bonds is 4. The second-order valence-electron chi connectivity index (χ2n) is 8.92. The quantitative estimate of drug-likeness (QED) is 0.371. The van der Waals surface area contributed by atoms with Crippen molar-refractivity contribution in [1.82, 2.24) is 4.68 Å². The van der Waals surface area contributed by atoms with Crippen molar-refractivity contribution in [3.05, 3.63) is 81.5 Å². The molecule has 9 heteroatoms. The highest BCUT2D eigenvalue weighted by atomic mass is 32.1. The van der Waals surface area contributed by atoms with Gasteiger partial charge in [-0.3, -0.25) is 4.79 Å². The second kappa shape index (κ2) is 9.25. The van der Waals surface area contributed by atoms with Crippen molar-refractivity contribution in [3.8, 4) is 28.5 Å². The molecule has 0 spiro atoms. The average Bonchev–Trinajstić information content (AvgIpc) is 3.51. The minimum atomic E-state index is -0.176. The molecule has 3 heterocycles. The van der Waals surface area contributed by atoms with Crippen LogP contribution in [0.3, 0.4) is 0 Å². The van der Waals surface area contributed by atoms with Crippen molar-refractivity contribution in [2.24, 2.45) is 10.1 Å². The van der Waals surface area contributed by atoms with Gasteiger partial charge in [0.1, 0.15) is 5.75 Å². The highest BCUT2D eigenvalue weighted by Crippen LogP contribution is 2.34. The van der Waals surface area contributed by atoms with E-state index in [9.17, 15) is 4.79 Å². The number of ether oxygens (including phenoxy) is 3. The monoisotopic (exact) mass is 512 g/mol. The highest BCUT2D eigenvalue weighted by molar-refractivity contribution is 7.07. The first kappa shape index (κ1) is 23.1. The Morgan fingerprint density at radius 3 is 2.68 bits per heavy atom. The van der Waals surface area contributed by atoms with Gasteiger partial charge in [0.15, 0.2) is 18.1 Å². The molecule has 2 aliphatic heterocycles. The van der Waals surface area contributed by atoms with Crippen LogP contribution in [0, 0.1) is 13.8 Å². The molecule has 1 N–H and O–H groups in total. The summed E-state index contributed by atoms with van der Waals surface area (Å²) in [4.78, 5) is 17.6. The van der Waals surface area contributed by atoms with E-state index in [1.54, 1.807) is 0 Å². The number of nitrogens with zero attached hydrogens (tertiary/aromatic N) is 3. The van der Waals surface area contributed by atoms with E-state index in [2.05, 4.69) is 31.3 Å². The first-order valence-corrected chi connectivity index (χ1v) is 12.7. The molecule has 1 amide bonds. The van der Waals surface area contributed by atoms with Gasteiger partial charge in [-0.05, 0) is 68.8 Å². The van der Waals surface area contributed by atoms with E-state index in [4.69, 9.17) is 24.3 Å². The zero-order valence-electron chi connectivity index (χ0n) is 20.6. The molecule has 6 rings (SSSR count). The molecule has 37 heavy (non-hydrogen) atoms. The van der Waals surface area contributed by atoms with Crippen molar-refractivity contribution in [2.45, 2.75) is 20.8 Å². The van der Waals surface area contributed by atoms with Crippen LogP contribution < -0.4 is 24.3 Å². The molecule has 0 saturated heterocycles. The van der Waals surface area contributed by atoms with Crippen LogP contribution in [0.25, 0.3) is 11.3 Å². The van der Waals surface area contributed by atoms with Gasteiger partial charge in [0.25, 0.3) is 5.91 Å². The van der Waals surface area contributed by atoms with Gasteiger partial charge >= 0.3 is 0 Å². The van der Waals surface area contributed by atoms with Gasteiger partial charge < -0.3 is 19.5 Å². The van der Waals surface area contributed by atoms with E-state index in [0.29, 0.717) is 17.2 Å². The molecule has 1 aromatic heterocycles. The molecular formula is C28H24N4O4S. The molecule has 0 aliphatic carbocycles. The molecule has 4 aromatic rings. The summed E-state index contributed by atoms with van der Waals surface area (Å²) in [6.45, 7) is 6.31. The lowest BCUT2D eigenvalue weighted by molar-refractivity contribution is -0.118. The highest BCUT2D eigenvalue weighted by Gasteiger charge is 2.19. The lowest BCUT2D eigenvalue weighted by atomic mass is 10.1. The van der Waals surface area contributed by atoms with E-state index in [-0.39, 0.29) is 19.3 Å². The first-order chi connectivity index (χ1) is 17.9. The maximum Gasteiger partial charge on any atom is 0.262 e. The van der Waals surface area contributed by atoms with Crippen LogP contribution in [0.4, 0.5) is 11.4 Å². The largest absolute Gasteiger partial charge is 0.482 e. The lowest BCUT2D eigenvalue weighted by Gasteiger charge is -2.18. The van der Waals surface area contributed by atoms with Crippen molar-refractivity contribution in [2.75, 3.05) is 18.7 Å². The summed E-state index contributed by atoms with van der Waals surface area (Å²) in [6.07, 6.45) is 0. The van der Waals surface area contributed by atoms with Gasteiger partial charge in [0.05, 0.1) is 22.8 Å². The Balaban J connectivity index is 1.50. The normalized spacial score (nSPS) is 14.8. The van der Waals surface area contributed by atoms with Crippen LogP contribution >= 0.6 is 11.3 Å². The summed E-state index contributed by atoms with van der Waals surface area (Å²) in [5, 5.41) is 9.90. The van der Waals surface area contributed by atoms with Crippen LogP contribution in [-0.2, 0) is 4.79 Å². The Morgan fingerprint density at radius 2 is 1.81 bits per heavy atom. The van der Waals surface area contributed by atoms with E-state index >= 15 is 0 Å². The van der Waals surface area contributed by atoms with Gasteiger partial charge in [0.2, 0.25) is 11.6 Å². The summed E-state index contributed by atoms with van der Waals surface area (Å²) < 4.78 is 18.4. The number of thiazole rings is 1. The maximum atomic E-state index is 11.9. The number of carbonyl (C=O) groups is 1. The molecule has 0 bridgehead atoms. The molecule has 0 unspecified atom stereocenters. The van der Waals surface area contributed by atoms with Gasteiger partial charge in [-0.2, -0.15) is 5.10 Å². The van der Waals surface area contributed by atoms with E-state index in [1.165, 1.54) is 16.9 Å². The molecule has 0 fully saturated rings. The molecule has 8 nitrogen and oxygen atoms in total. The van der Waals surface area contributed by atoms with E-state index in [1.807, 2.05) is 59.4 Å². The molecular weight excluding hydrogens is 488 g/mol. The SMILES string of the molecule is CC(=Nn1c(-c2ccc3c(c2)NC(=O)CO3)csc1=Nc1ccc(C)cc1C)c1ccc2c(c1)OCO2. The number of hydrogen-bond donors (Lipinski definition) is 1. The third-order valence-corrected chi connectivity index (χ3v) is 7.02. The molecule has 186 valence electrons. The fourth-order valence-corrected chi connectivity index (χ4v) is 5.12. The number of aromatic nitrogens is 1. The lowest BCUT2D eigenvalue weighted by Crippen LogP contribution is -2.25. The number of fused-ring (bicyclic) bond motifs is 2. The minimum Gasteiger partial charge on any atom is -0.482 e. The average molecular weight is 513 g/mol. The number of hydrogen-bond acceptors (Lipinski definition) is 7. The number of nitrogens with one attached hydrogen (secondary N) is 1. The Hall–Kier alpha value is -4.37. The molecule has 3 aromatic carbocycles. The Labute approximate surface area is 217 Å². The summed E-state index contributed by atoms with van der Waals surface area (Å²) in [7, 11) is 0.